The van der Waals surface area contributed by atoms with Crippen molar-refractivity contribution in [3.05, 3.63) is 41.7 Å². The smallest absolute Gasteiger partial charge is 0.222 e. The SMILES string of the molecule is Cc1nn(C)cc1C=NNc1nc2ccccc2[nH]1. The highest BCUT2D eigenvalue weighted by Crippen LogP contribution is 2.13. The van der Waals surface area contributed by atoms with Crippen LogP contribution in [0.4, 0.5) is 5.95 Å². The van der Waals surface area contributed by atoms with Crippen LogP contribution in [-0.4, -0.2) is 26.0 Å². The molecule has 0 unspecified atom stereocenters. The van der Waals surface area contributed by atoms with Gasteiger partial charge >= 0.3 is 0 Å². The molecule has 2 heterocycles. The molecule has 0 saturated heterocycles. The molecular weight excluding hydrogens is 240 g/mol. The molecule has 0 saturated carbocycles. The van der Waals surface area contributed by atoms with Crippen molar-refractivity contribution in [3.8, 4) is 0 Å². The summed E-state index contributed by atoms with van der Waals surface area (Å²) >= 11 is 0. The fraction of sp³-hybridized carbons (Fsp3) is 0.154. The van der Waals surface area contributed by atoms with Gasteiger partial charge < -0.3 is 4.98 Å². The number of imidazole rings is 1. The molecule has 1 aromatic carbocycles. The van der Waals surface area contributed by atoms with Crippen LogP contribution in [0.5, 0.6) is 0 Å². The summed E-state index contributed by atoms with van der Waals surface area (Å²) in [4.78, 5) is 7.52. The molecule has 2 N–H and O–H groups in total. The number of aromatic nitrogens is 4. The Morgan fingerprint density at radius 3 is 2.95 bits per heavy atom. The first-order valence-corrected chi connectivity index (χ1v) is 5.96. The van der Waals surface area contributed by atoms with Gasteiger partial charge in [-0.05, 0) is 19.1 Å². The van der Waals surface area contributed by atoms with Crippen molar-refractivity contribution in [1.29, 1.82) is 0 Å². The molecule has 0 aliphatic heterocycles. The number of H-pyrrole nitrogens is 1. The number of aromatic amines is 1. The van der Waals surface area contributed by atoms with Crippen molar-refractivity contribution in [2.45, 2.75) is 6.92 Å². The van der Waals surface area contributed by atoms with Crippen molar-refractivity contribution in [3.63, 3.8) is 0 Å². The van der Waals surface area contributed by atoms with Gasteiger partial charge in [0.15, 0.2) is 0 Å². The van der Waals surface area contributed by atoms with Gasteiger partial charge in [0.2, 0.25) is 5.95 Å². The lowest BCUT2D eigenvalue weighted by atomic mass is 10.3. The number of hydrazone groups is 1. The molecular formula is C13H14N6. The van der Waals surface area contributed by atoms with Gasteiger partial charge in [0.25, 0.3) is 0 Å². The average molecular weight is 254 g/mol. The minimum absolute atomic E-state index is 0.624. The van der Waals surface area contributed by atoms with E-state index in [0.717, 1.165) is 22.3 Å². The van der Waals surface area contributed by atoms with E-state index in [1.807, 2.05) is 44.4 Å². The van der Waals surface area contributed by atoms with E-state index < -0.39 is 0 Å². The van der Waals surface area contributed by atoms with Crippen LogP contribution in [0.15, 0.2) is 35.6 Å². The van der Waals surface area contributed by atoms with E-state index in [-0.39, 0.29) is 0 Å². The van der Waals surface area contributed by atoms with E-state index in [9.17, 15) is 0 Å². The van der Waals surface area contributed by atoms with Gasteiger partial charge in [-0.1, -0.05) is 12.1 Å². The first-order chi connectivity index (χ1) is 9.22. The standard InChI is InChI=1S/C13H14N6/c1-9-10(8-19(2)18-9)7-14-17-13-15-11-5-3-4-6-12(11)16-13/h3-8H,1-2H3,(H2,15,16,17). The highest BCUT2D eigenvalue weighted by molar-refractivity contribution is 5.81. The Morgan fingerprint density at radius 1 is 1.37 bits per heavy atom. The number of hydrogen-bond acceptors (Lipinski definition) is 4. The Morgan fingerprint density at radius 2 is 2.21 bits per heavy atom. The molecule has 96 valence electrons. The number of para-hydroxylation sites is 2. The largest absolute Gasteiger partial charge is 0.323 e. The number of fused-ring (bicyclic) bond motifs is 1. The Labute approximate surface area is 110 Å². The molecule has 6 heteroatoms. The van der Waals surface area contributed by atoms with Crippen LogP contribution in [-0.2, 0) is 7.05 Å². The zero-order chi connectivity index (χ0) is 13.2. The fourth-order valence-electron chi connectivity index (χ4n) is 1.91. The minimum Gasteiger partial charge on any atom is -0.323 e. The number of nitrogens with one attached hydrogen (secondary N) is 2. The molecule has 0 bridgehead atoms. The third-order valence-electron chi connectivity index (χ3n) is 2.81. The van der Waals surface area contributed by atoms with Crippen LogP contribution in [0.1, 0.15) is 11.3 Å². The zero-order valence-electron chi connectivity index (χ0n) is 10.8. The predicted octanol–water partition coefficient (Wildman–Crippen LogP) is 2.05. The maximum absolute atomic E-state index is 4.37. The van der Waals surface area contributed by atoms with Crippen LogP contribution in [0.3, 0.4) is 0 Å². The van der Waals surface area contributed by atoms with Gasteiger partial charge in [-0.15, -0.1) is 0 Å². The number of hydrogen-bond donors (Lipinski definition) is 2. The molecule has 0 fully saturated rings. The Hall–Kier alpha value is -2.63. The van der Waals surface area contributed by atoms with Gasteiger partial charge in [-0.3, -0.25) is 4.68 Å². The molecule has 2 aromatic heterocycles. The number of rotatable bonds is 3. The molecule has 0 aliphatic rings. The number of aryl methyl sites for hydroxylation is 2. The van der Waals surface area contributed by atoms with Crippen LogP contribution in [0, 0.1) is 6.92 Å². The quantitative estimate of drug-likeness (QED) is 0.555. The number of anilines is 1. The van der Waals surface area contributed by atoms with Gasteiger partial charge in [-0.2, -0.15) is 10.2 Å². The maximum atomic E-state index is 4.37. The number of benzene rings is 1. The summed E-state index contributed by atoms with van der Waals surface area (Å²) in [5, 5.41) is 8.40. The lowest BCUT2D eigenvalue weighted by Gasteiger charge is -1.92. The third-order valence-corrected chi connectivity index (χ3v) is 2.81. The average Bonchev–Trinajstić information content (AvgIpc) is 2.92. The van der Waals surface area contributed by atoms with Gasteiger partial charge in [0, 0.05) is 18.8 Å². The van der Waals surface area contributed by atoms with Crippen molar-refractivity contribution in [1.82, 2.24) is 19.7 Å². The second-order valence-corrected chi connectivity index (χ2v) is 4.32. The summed E-state index contributed by atoms with van der Waals surface area (Å²) in [6, 6.07) is 7.84. The van der Waals surface area contributed by atoms with Gasteiger partial charge in [0.05, 0.1) is 22.9 Å². The van der Waals surface area contributed by atoms with Crippen LogP contribution in [0.25, 0.3) is 11.0 Å². The topological polar surface area (TPSA) is 70.9 Å². The molecule has 3 aromatic rings. The molecule has 0 atom stereocenters. The monoisotopic (exact) mass is 254 g/mol. The zero-order valence-corrected chi connectivity index (χ0v) is 10.8. The maximum Gasteiger partial charge on any atom is 0.222 e. The Kier molecular flexibility index (Phi) is 2.75. The Balaban J connectivity index is 1.77. The van der Waals surface area contributed by atoms with Crippen molar-refractivity contribution < 1.29 is 0 Å². The van der Waals surface area contributed by atoms with Crippen molar-refractivity contribution in [2.75, 3.05) is 5.43 Å². The predicted molar refractivity (Wildman–Crippen MR) is 75.3 cm³/mol. The molecule has 0 radical (unpaired) electrons. The highest BCUT2D eigenvalue weighted by atomic mass is 15.4. The lowest BCUT2D eigenvalue weighted by Crippen LogP contribution is -1.92. The first kappa shape index (κ1) is 11.5. The van der Waals surface area contributed by atoms with Crippen LogP contribution in [0.2, 0.25) is 0 Å². The second-order valence-electron chi connectivity index (χ2n) is 4.32. The second kappa shape index (κ2) is 4.56. The molecule has 0 aliphatic carbocycles. The van der Waals surface area contributed by atoms with E-state index in [2.05, 4.69) is 25.6 Å². The number of nitrogens with zero attached hydrogens (tertiary/aromatic N) is 4. The molecule has 0 amide bonds. The normalized spacial score (nSPS) is 11.5. The summed E-state index contributed by atoms with van der Waals surface area (Å²) < 4.78 is 1.76. The molecule has 19 heavy (non-hydrogen) atoms. The third kappa shape index (κ3) is 2.33. The van der Waals surface area contributed by atoms with E-state index in [0.29, 0.717) is 5.95 Å². The summed E-state index contributed by atoms with van der Waals surface area (Å²) in [6.07, 6.45) is 3.65. The summed E-state index contributed by atoms with van der Waals surface area (Å²) in [5.41, 5.74) is 6.70. The molecule has 3 rings (SSSR count). The van der Waals surface area contributed by atoms with Crippen molar-refractivity contribution in [2.24, 2.45) is 12.1 Å². The summed E-state index contributed by atoms with van der Waals surface area (Å²) in [6.45, 7) is 1.95. The van der Waals surface area contributed by atoms with E-state index in [1.54, 1.807) is 10.9 Å². The Bertz CT molecular complexity index is 704. The van der Waals surface area contributed by atoms with Gasteiger partial charge in [0.1, 0.15) is 0 Å². The van der Waals surface area contributed by atoms with Crippen LogP contribution >= 0.6 is 0 Å². The van der Waals surface area contributed by atoms with Gasteiger partial charge in [-0.25, -0.2) is 10.4 Å². The van der Waals surface area contributed by atoms with Crippen molar-refractivity contribution >= 4 is 23.2 Å². The highest BCUT2D eigenvalue weighted by Gasteiger charge is 2.01. The van der Waals surface area contributed by atoms with E-state index >= 15 is 0 Å². The van der Waals surface area contributed by atoms with E-state index in [1.165, 1.54) is 0 Å². The molecule has 6 nitrogen and oxygen atoms in total. The lowest BCUT2D eigenvalue weighted by molar-refractivity contribution is 0.756. The molecule has 0 spiro atoms. The first-order valence-electron chi connectivity index (χ1n) is 5.96. The summed E-state index contributed by atoms with van der Waals surface area (Å²) in [7, 11) is 1.89. The fourth-order valence-corrected chi connectivity index (χ4v) is 1.91. The minimum atomic E-state index is 0.624. The summed E-state index contributed by atoms with van der Waals surface area (Å²) in [5.74, 6) is 0.624. The van der Waals surface area contributed by atoms with Crippen LogP contribution < -0.4 is 5.43 Å². The van der Waals surface area contributed by atoms with E-state index in [4.69, 9.17) is 0 Å².